The van der Waals surface area contributed by atoms with Crippen molar-refractivity contribution in [2.24, 2.45) is 11.8 Å². The topological polar surface area (TPSA) is 52.6 Å². The molecule has 1 aliphatic carbocycles. The van der Waals surface area contributed by atoms with Crippen molar-refractivity contribution in [3.05, 3.63) is 0 Å². The summed E-state index contributed by atoms with van der Waals surface area (Å²) in [6.07, 6.45) is 5.85. The van der Waals surface area contributed by atoms with Gasteiger partial charge in [0.05, 0.1) is 0 Å². The van der Waals surface area contributed by atoms with Crippen LogP contribution in [0.25, 0.3) is 0 Å². The van der Waals surface area contributed by atoms with Crippen LogP contribution in [0.15, 0.2) is 0 Å². The van der Waals surface area contributed by atoms with Crippen LogP contribution < -0.4 is 5.32 Å². The maximum atomic E-state index is 11.9. The molecule has 0 aromatic heterocycles. The minimum Gasteiger partial charge on any atom is -0.480 e. The molecule has 1 aliphatic heterocycles. The highest BCUT2D eigenvalue weighted by Crippen LogP contribution is 2.41. The lowest BCUT2D eigenvalue weighted by atomic mass is 9.91. The smallest absolute Gasteiger partial charge is 0.325 e. The van der Waals surface area contributed by atoms with Crippen LogP contribution in [0.5, 0.6) is 0 Å². The molecular formula is C16H30N2O2. The molecule has 1 heterocycles. The van der Waals surface area contributed by atoms with E-state index in [1.54, 1.807) is 0 Å². The van der Waals surface area contributed by atoms with Gasteiger partial charge in [0.1, 0.15) is 5.54 Å². The lowest BCUT2D eigenvalue weighted by Crippen LogP contribution is -2.62. The number of rotatable bonds is 8. The summed E-state index contributed by atoms with van der Waals surface area (Å²) in [6.45, 7) is 9.13. The van der Waals surface area contributed by atoms with Crippen LogP contribution in [-0.4, -0.2) is 47.2 Å². The molecule has 0 spiro atoms. The molecule has 4 nitrogen and oxygen atoms in total. The van der Waals surface area contributed by atoms with Crippen molar-refractivity contribution in [3.63, 3.8) is 0 Å². The van der Waals surface area contributed by atoms with E-state index in [1.165, 1.54) is 19.3 Å². The average molecular weight is 282 g/mol. The first-order valence-corrected chi connectivity index (χ1v) is 8.21. The third kappa shape index (κ3) is 3.53. The van der Waals surface area contributed by atoms with Crippen LogP contribution in [0.4, 0.5) is 0 Å². The van der Waals surface area contributed by atoms with Gasteiger partial charge in [0.25, 0.3) is 0 Å². The Kier molecular flexibility index (Phi) is 5.08. The molecule has 0 amide bonds. The Bertz CT molecular complexity index is 341. The van der Waals surface area contributed by atoms with Gasteiger partial charge in [0.2, 0.25) is 0 Å². The van der Waals surface area contributed by atoms with E-state index in [2.05, 4.69) is 17.1 Å². The number of carboxylic acid groups (broad SMARTS) is 1. The van der Waals surface area contributed by atoms with Crippen molar-refractivity contribution in [2.75, 3.05) is 19.6 Å². The van der Waals surface area contributed by atoms with Crippen LogP contribution in [0, 0.1) is 11.8 Å². The Morgan fingerprint density at radius 2 is 2.10 bits per heavy atom. The SMILES string of the molecule is CCCC1CCN(CC(NC(C)C)(C(=O)O)C2CC2)C1. The Labute approximate surface area is 122 Å². The number of aliphatic carboxylic acids is 1. The molecule has 4 heteroatoms. The fraction of sp³-hybridized carbons (Fsp3) is 0.938. The van der Waals surface area contributed by atoms with Crippen LogP contribution in [0.3, 0.4) is 0 Å². The van der Waals surface area contributed by atoms with Gasteiger partial charge >= 0.3 is 5.97 Å². The summed E-state index contributed by atoms with van der Waals surface area (Å²) < 4.78 is 0. The predicted molar refractivity (Wildman–Crippen MR) is 80.8 cm³/mol. The van der Waals surface area contributed by atoms with Crippen molar-refractivity contribution in [1.82, 2.24) is 10.2 Å². The third-order valence-corrected chi connectivity index (χ3v) is 4.74. The summed E-state index contributed by atoms with van der Waals surface area (Å²) in [4.78, 5) is 14.3. The Morgan fingerprint density at radius 1 is 1.40 bits per heavy atom. The Balaban J connectivity index is 2.02. The molecular weight excluding hydrogens is 252 g/mol. The summed E-state index contributed by atoms with van der Waals surface area (Å²) in [5.41, 5.74) is -0.727. The fourth-order valence-electron chi connectivity index (χ4n) is 3.74. The Hall–Kier alpha value is -0.610. The van der Waals surface area contributed by atoms with E-state index >= 15 is 0 Å². The van der Waals surface area contributed by atoms with Gasteiger partial charge in [0.15, 0.2) is 0 Å². The zero-order valence-electron chi connectivity index (χ0n) is 13.2. The first-order chi connectivity index (χ1) is 9.48. The second kappa shape index (κ2) is 6.44. The van der Waals surface area contributed by atoms with Crippen molar-refractivity contribution < 1.29 is 9.90 Å². The second-order valence-electron chi connectivity index (χ2n) is 7.03. The molecule has 2 atom stereocenters. The van der Waals surface area contributed by atoms with Crippen LogP contribution in [-0.2, 0) is 4.79 Å². The molecule has 1 saturated carbocycles. The summed E-state index contributed by atoms with van der Waals surface area (Å²) in [6, 6.07) is 0.209. The van der Waals surface area contributed by atoms with Crippen molar-refractivity contribution in [2.45, 2.75) is 64.5 Å². The van der Waals surface area contributed by atoms with Gasteiger partial charge in [-0.3, -0.25) is 10.1 Å². The van der Waals surface area contributed by atoms with Gasteiger partial charge in [-0.2, -0.15) is 0 Å². The maximum absolute atomic E-state index is 11.9. The van der Waals surface area contributed by atoms with Crippen molar-refractivity contribution in [1.29, 1.82) is 0 Å². The molecule has 0 radical (unpaired) electrons. The molecule has 0 aromatic rings. The van der Waals surface area contributed by atoms with Gasteiger partial charge in [-0.15, -0.1) is 0 Å². The molecule has 1 saturated heterocycles. The molecule has 20 heavy (non-hydrogen) atoms. The summed E-state index contributed by atoms with van der Waals surface area (Å²) >= 11 is 0. The van der Waals surface area contributed by atoms with E-state index < -0.39 is 11.5 Å². The molecule has 2 aliphatic rings. The van der Waals surface area contributed by atoms with E-state index in [-0.39, 0.29) is 6.04 Å². The van der Waals surface area contributed by atoms with E-state index in [0.717, 1.165) is 31.8 Å². The van der Waals surface area contributed by atoms with E-state index in [4.69, 9.17) is 0 Å². The predicted octanol–water partition coefficient (Wildman–Crippen LogP) is 2.34. The third-order valence-electron chi connectivity index (χ3n) is 4.74. The van der Waals surface area contributed by atoms with Gasteiger partial charge in [-0.1, -0.05) is 13.3 Å². The monoisotopic (exact) mass is 282 g/mol. The summed E-state index contributed by atoms with van der Waals surface area (Å²) in [5.74, 6) is 0.421. The highest BCUT2D eigenvalue weighted by atomic mass is 16.4. The molecule has 116 valence electrons. The molecule has 0 bridgehead atoms. The number of nitrogens with one attached hydrogen (secondary N) is 1. The zero-order chi connectivity index (χ0) is 14.8. The van der Waals surface area contributed by atoms with Gasteiger partial charge in [-0.05, 0) is 57.9 Å². The number of carbonyl (C=O) groups is 1. The quantitative estimate of drug-likeness (QED) is 0.717. The van der Waals surface area contributed by atoms with Crippen LogP contribution in [0.1, 0.15) is 52.9 Å². The highest BCUT2D eigenvalue weighted by molar-refractivity contribution is 5.80. The first kappa shape index (κ1) is 15.8. The number of likely N-dealkylation sites (tertiary alicyclic amines) is 1. The number of hydrogen-bond donors (Lipinski definition) is 2. The fourth-order valence-corrected chi connectivity index (χ4v) is 3.74. The first-order valence-electron chi connectivity index (χ1n) is 8.21. The van der Waals surface area contributed by atoms with Gasteiger partial charge in [0, 0.05) is 19.1 Å². The average Bonchev–Trinajstić information content (AvgIpc) is 3.12. The van der Waals surface area contributed by atoms with Gasteiger partial charge in [-0.25, -0.2) is 0 Å². The minimum atomic E-state index is -0.727. The molecule has 2 unspecified atom stereocenters. The summed E-state index contributed by atoms with van der Waals surface area (Å²) in [5, 5.41) is 13.2. The van der Waals surface area contributed by atoms with Crippen molar-refractivity contribution >= 4 is 5.97 Å². The van der Waals surface area contributed by atoms with Gasteiger partial charge < -0.3 is 10.0 Å². The zero-order valence-corrected chi connectivity index (χ0v) is 13.2. The van der Waals surface area contributed by atoms with Crippen LogP contribution >= 0.6 is 0 Å². The highest BCUT2D eigenvalue weighted by Gasteiger charge is 2.52. The largest absolute Gasteiger partial charge is 0.480 e. The minimum absolute atomic E-state index is 0.209. The Morgan fingerprint density at radius 3 is 2.60 bits per heavy atom. The van der Waals surface area contributed by atoms with Crippen molar-refractivity contribution in [3.8, 4) is 0 Å². The molecule has 2 fully saturated rings. The van der Waals surface area contributed by atoms with E-state index in [1.807, 2.05) is 13.8 Å². The van der Waals surface area contributed by atoms with E-state index in [0.29, 0.717) is 12.5 Å². The number of carboxylic acids is 1. The lowest BCUT2D eigenvalue weighted by molar-refractivity contribution is -0.147. The standard InChI is InChI=1S/C16H30N2O2/c1-4-5-13-8-9-18(10-13)11-16(15(19)20,14-6-7-14)17-12(2)3/h12-14,17H,4-11H2,1-3H3,(H,19,20). The summed E-state index contributed by atoms with van der Waals surface area (Å²) in [7, 11) is 0. The molecule has 2 N–H and O–H groups in total. The lowest BCUT2D eigenvalue weighted by Gasteiger charge is -2.36. The second-order valence-corrected chi connectivity index (χ2v) is 7.03. The molecule has 0 aromatic carbocycles. The normalized spacial score (nSPS) is 26.9. The number of nitrogens with zero attached hydrogens (tertiary/aromatic N) is 1. The number of hydrogen-bond acceptors (Lipinski definition) is 3. The maximum Gasteiger partial charge on any atom is 0.325 e. The van der Waals surface area contributed by atoms with E-state index in [9.17, 15) is 9.90 Å². The molecule has 2 rings (SSSR count). The van der Waals surface area contributed by atoms with Crippen LogP contribution in [0.2, 0.25) is 0 Å².